The van der Waals surface area contributed by atoms with Crippen molar-refractivity contribution in [1.29, 1.82) is 0 Å². The SMILES string of the molecule is Cl.NCc1cc(C(=O)c2ccccc2)ccc1O. The van der Waals surface area contributed by atoms with Crippen molar-refractivity contribution in [3.63, 3.8) is 0 Å². The van der Waals surface area contributed by atoms with Crippen molar-refractivity contribution in [3.8, 4) is 5.75 Å². The summed E-state index contributed by atoms with van der Waals surface area (Å²) in [5.41, 5.74) is 7.23. The number of nitrogens with two attached hydrogens (primary N) is 1. The Kier molecular flexibility index (Phi) is 4.89. The van der Waals surface area contributed by atoms with E-state index in [9.17, 15) is 9.90 Å². The predicted octanol–water partition coefficient (Wildman–Crippen LogP) is 2.50. The topological polar surface area (TPSA) is 63.3 Å². The Morgan fingerprint density at radius 3 is 2.33 bits per heavy atom. The highest BCUT2D eigenvalue weighted by Crippen LogP contribution is 2.19. The van der Waals surface area contributed by atoms with Gasteiger partial charge in [-0.05, 0) is 18.2 Å². The van der Waals surface area contributed by atoms with Gasteiger partial charge in [0.2, 0.25) is 0 Å². The second-order valence-corrected chi connectivity index (χ2v) is 3.74. The minimum Gasteiger partial charge on any atom is -0.508 e. The number of phenolic OH excluding ortho intramolecular Hbond substituents is 1. The first-order chi connectivity index (χ1) is 8.22. The Labute approximate surface area is 112 Å². The first-order valence-corrected chi connectivity index (χ1v) is 5.34. The Bertz CT molecular complexity index is 541. The van der Waals surface area contributed by atoms with Gasteiger partial charge in [-0.2, -0.15) is 0 Å². The van der Waals surface area contributed by atoms with Gasteiger partial charge in [0.1, 0.15) is 5.75 Å². The van der Waals surface area contributed by atoms with Crippen molar-refractivity contribution in [1.82, 2.24) is 0 Å². The fraction of sp³-hybridized carbons (Fsp3) is 0.0714. The Balaban J connectivity index is 0.00000162. The fourth-order valence-corrected chi connectivity index (χ4v) is 1.65. The highest BCUT2D eigenvalue weighted by molar-refractivity contribution is 6.09. The minimum absolute atomic E-state index is 0. The van der Waals surface area contributed by atoms with Crippen molar-refractivity contribution < 1.29 is 9.90 Å². The highest BCUT2D eigenvalue weighted by Gasteiger charge is 2.10. The normalized spacial score (nSPS) is 9.61. The number of carbonyl (C=O) groups excluding carboxylic acids is 1. The molecule has 0 amide bonds. The molecule has 0 spiro atoms. The van der Waals surface area contributed by atoms with Crippen LogP contribution in [0.1, 0.15) is 21.5 Å². The maximum Gasteiger partial charge on any atom is 0.193 e. The van der Waals surface area contributed by atoms with Crippen LogP contribution in [0.5, 0.6) is 5.75 Å². The second-order valence-electron chi connectivity index (χ2n) is 3.74. The lowest BCUT2D eigenvalue weighted by atomic mass is 10.0. The lowest BCUT2D eigenvalue weighted by molar-refractivity contribution is 0.103. The Morgan fingerprint density at radius 1 is 1.06 bits per heavy atom. The van der Waals surface area contributed by atoms with Gasteiger partial charge < -0.3 is 10.8 Å². The molecule has 0 aliphatic heterocycles. The van der Waals surface area contributed by atoms with E-state index in [1.54, 1.807) is 24.3 Å². The average molecular weight is 264 g/mol. The van der Waals surface area contributed by atoms with E-state index in [0.717, 1.165) is 0 Å². The zero-order valence-electron chi connectivity index (χ0n) is 9.67. The molecular formula is C14H14ClNO2. The number of phenols is 1. The van der Waals surface area contributed by atoms with Crippen LogP contribution in [-0.2, 0) is 6.54 Å². The molecule has 0 unspecified atom stereocenters. The fourth-order valence-electron chi connectivity index (χ4n) is 1.65. The van der Waals surface area contributed by atoms with Crippen molar-refractivity contribution >= 4 is 18.2 Å². The molecule has 0 heterocycles. The molecule has 0 atom stereocenters. The number of hydrogen-bond acceptors (Lipinski definition) is 3. The van der Waals surface area contributed by atoms with Crippen LogP contribution < -0.4 is 5.73 Å². The van der Waals surface area contributed by atoms with Gasteiger partial charge in [0.25, 0.3) is 0 Å². The Hall–Kier alpha value is -1.84. The zero-order chi connectivity index (χ0) is 12.3. The number of aromatic hydroxyl groups is 1. The third-order valence-electron chi connectivity index (χ3n) is 2.60. The van der Waals surface area contributed by atoms with Crippen LogP contribution in [0, 0.1) is 0 Å². The van der Waals surface area contributed by atoms with E-state index in [1.807, 2.05) is 18.2 Å². The Morgan fingerprint density at radius 2 is 1.72 bits per heavy atom. The summed E-state index contributed by atoms with van der Waals surface area (Å²) in [4.78, 5) is 12.1. The molecule has 0 saturated heterocycles. The largest absolute Gasteiger partial charge is 0.508 e. The molecule has 0 aromatic heterocycles. The standard InChI is InChI=1S/C14H13NO2.ClH/c15-9-12-8-11(6-7-13(12)16)14(17)10-4-2-1-3-5-10;/h1-8,16H,9,15H2;1H. The number of halogens is 1. The number of rotatable bonds is 3. The molecule has 0 saturated carbocycles. The third kappa shape index (κ3) is 2.88. The third-order valence-corrected chi connectivity index (χ3v) is 2.60. The van der Waals surface area contributed by atoms with Crippen molar-refractivity contribution in [2.75, 3.05) is 0 Å². The molecule has 18 heavy (non-hydrogen) atoms. The van der Waals surface area contributed by atoms with Crippen molar-refractivity contribution in [2.45, 2.75) is 6.54 Å². The van der Waals surface area contributed by atoms with Crippen LogP contribution >= 0.6 is 12.4 Å². The molecule has 3 nitrogen and oxygen atoms in total. The summed E-state index contributed by atoms with van der Waals surface area (Å²) in [6.07, 6.45) is 0. The van der Waals surface area contributed by atoms with Gasteiger partial charge in [-0.15, -0.1) is 12.4 Å². The van der Waals surface area contributed by atoms with Gasteiger partial charge in [0.05, 0.1) is 0 Å². The molecule has 0 aliphatic rings. The molecule has 94 valence electrons. The van der Waals surface area contributed by atoms with Gasteiger partial charge in [-0.1, -0.05) is 30.3 Å². The van der Waals surface area contributed by atoms with Crippen LogP contribution in [0.4, 0.5) is 0 Å². The van der Waals surface area contributed by atoms with Crippen LogP contribution in [0.2, 0.25) is 0 Å². The summed E-state index contributed by atoms with van der Waals surface area (Å²) < 4.78 is 0. The van der Waals surface area contributed by atoms with Crippen LogP contribution in [0.25, 0.3) is 0 Å². The summed E-state index contributed by atoms with van der Waals surface area (Å²) in [5, 5.41) is 9.50. The number of carbonyl (C=O) groups is 1. The van der Waals surface area contributed by atoms with Crippen molar-refractivity contribution in [2.24, 2.45) is 5.73 Å². The van der Waals surface area contributed by atoms with Gasteiger partial charge in [0.15, 0.2) is 5.78 Å². The summed E-state index contributed by atoms with van der Waals surface area (Å²) in [7, 11) is 0. The van der Waals surface area contributed by atoms with E-state index in [-0.39, 0.29) is 30.5 Å². The molecule has 3 N–H and O–H groups in total. The lowest BCUT2D eigenvalue weighted by Crippen LogP contribution is -2.04. The monoisotopic (exact) mass is 263 g/mol. The smallest absolute Gasteiger partial charge is 0.193 e. The van der Waals surface area contributed by atoms with Crippen LogP contribution in [-0.4, -0.2) is 10.9 Å². The minimum atomic E-state index is -0.0692. The molecule has 2 aromatic carbocycles. The maximum atomic E-state index is 12.1. The van der Waals surface area contributed by atoms with Gasteiger partial charge >= 0.3 is 0 Å². The van der Waals surface area contributed by atoms with E-state index in [0.29, 0.717) is 16.7 Å². The van der Waals surface area contributed by atoms with Gasteiger partial charge in [0, 0.05) is 23.2 Å². The van der Waals surface area contributed by atoms with E-state index in [4.69, 9.17) is 5.73 Å². The predicted molar refractivity (Wildman–Crippen MR) is 73.1 cm³/mol. The van der Waals surface area contributed by atoms with Crippen molar-refractivity contribution in [3.05, 3.63) is 65.2 Å². The molecule has 2 aromatic rings. The molecule has 2 rings (SSSR count). The molecular weight excluding hydrogens is 250 g/mol. The van der Waals surface area contributed by atoms with Gasteiger partial charge in [-0.25, -0.2) is 0 Å². The van der Waals surface area contributed by atoms with Gasteiger partial charge in [-0.3, -0.25) is 4.79 Å². The van der Waals surface area contributed by atoms with E-state index in [1.165, 1.54) is 6.07 Å². The number of hydrogen-bond donors (Lipinski definition) is 2. The first-order valence-electron chi connectivity index (χ1n) is 5.34. The number of ketones is 1. The second kappa shape index (κ2) is 6.19. The first kappa shape index (κ1) is 14.2. The summed E-state index contributed by atoms with van der Waals surface area (Å²) >= 11 is 0. The molecule has 0 aliphatic carbocycles. The molecule has 4 heteroatoms. The highest BCUT2D eigenvalue weighted by atomic mass is 35.5. The van der Waals surface area contributed by atoms with E-state index >= 15 is 0 Å². The maximum absolute atomic E-state index is 12.1. The quantitative estimate of drug-likeness (QED) is 0.837. The molecule has 0 fully saturated rings. The average Bonchev–Trinajstić information content (AvgIpc) is 2.39. The van der Waals surface area contributed by atoms with Crippen LogP contribution in [0.3, 0.4) is 0 Å². The summed E-state index contributed by atoms with van der Waals surface area (Å²) in [6.45, 7) is 0.210. The zero-order valence-corrected chi connectivity index (χ0v) is 10.5. The van der Waals surface area contributed by atoms with E-state index < -0.39 is 0 Å². The van der Waals surface area contributed by atoms with E-state index in [2.05, 4.69) is 0 Å². The summed E-state index contributed by atoms with van der Waals surface area (Å²) in [5.74, 6) is 0.0532. The molecule has 0 bridgehead atoms. The number of benzene rings is 2. The lowest BCUT2D eigenvalue weighted by Gasteiger charge is -2.05. The molecule has 0 radical (unpaired) electrons. The van der Waals surface area contributed by atoms with Crippen LogP contribution in [0.15, 0.2) is 48.5 Å². The summed E-state index contributed by atoms with van der Waals surface area (Å²) in [6, 6.07) is 13.7.